The Hall–Kier alpha value is -3.55. The number of hydrogen-bond acceptors (Lipinski definition) is 5. The smallest absolute Gasteiger partial charge is 0.335 e. The maximum atomic E-state index is 15.2. The summed E-state index contributed by atoms with van der Waals surface area (Å²) in [6, 6.07) is 6.57. The number of carboxylic acids is 1. The number of rotatable bonds is 4. The molecule has 3 aromatic rings. The molecule has 0 amide bonds. The van der Waals surface area contributed by atoms with Crippen LogP contribution in [0.1, 0.15) is 48.4 Å². The number of halogens is 1. The first-order chi connectivity index (χ1) is 14.3. The van der Waals surface area contributed by atoms with Crippen LogP contribution in [-0.4, -0.2) is 38.1 Å². The van der Waals surface area contributed by atoms with Gasteiger partial charge in [-0.3, -0.25) is 4.79 Å². The highest BCUT2D eigenvalue weighted by molar-refractivity contribution is 5.94. The lowest BCUT2D eigenvalue weighted by atomic mass is 10.0. The fourth-order valence-electron chi connectivity index (χ4n) is 3.69. The second-order valence-corrected chi connectivity index (χ2v) is 8.05. The molecular formula is C22H18FN3O4. The number of nitrogens with zero attached hydrogens (tertiary/aromatic N) is 3. The van der Waals surface area contributed by atoms with Gasteiger partial charge in [-0.05, 0) is 31.1 Å². The highest BCUT2D eigenvalue weighted by Gasteiger charge is 2.42. The highest BCUT2D eigenvalue weighted by atomic mass is 19.1. The molecule has 1 aliphatic carbocycles. The lowest BCUT2D eigenvalue weighted by Gasteiger charge is -2.17. The second-order valence-electron chi connectivity index (χ2n) is 8.05. The molecule has 152 valence electrons. The largest absolute Gasteiger partial charge is 0.485 e. The van der Waals surface area contributed by atoms with Gasteiger partial charge in [0.2, 0.25) is 0 Å². The Balaban J connectivity index is 1.66. The number of aliphatic carboxylic acids is 1. The van der Waals surface area contributed by atoms with Crippen LogP contribution in [0.15, 0.2) is 29.8 Å². The number of ether oxygens (including phenoxy) is 1. The minimum Gasteiger partial charge on any atom is -0.485 e. The Morgan fingerprint density at radius 2 is 2.03 bits per heavy atom. The molecule has 7 nitrogen and oxygen atoms in total. The molecule has 30 heavy (non-hydrogen) atoms. The molecule has 1 N–H and O–H groups in total. The van der Waals surface area contributed by atoms with Gasteiger partial charge in [0.05, 0.1) is 17.0 Å². The molecule has 0 saturated heterocycles. The monoisotopic (exact) mass is 407 g/mol. The third-order valence-electron chi connectivity index (χ3n) is 5.79. The molecule has 8 heteroatoms. The molecule has 0 atom stereocenters. The van der Waals surface area contributed by atoms with Crippen molar-refractivity contribution < 1.29 is 23.8 Å². The van der Waals surface area contributed by atoms with Crippen LogP contribution in [-0.2, 0) is 10.2 Å². The van der Waals surface area contributed by atoms with Crippen molar-refractivity contribution in [3.8, 4) is 17.0 Å². The molecule has 1 aliphatic heterocycles. The first kappa shape index (κ1) is 18.5. The molecule has 2 aliphatic rings. The van der Waals surface area contributed by atoms with Crippen molar-refractivity contribution in [3.05, 3.63) is 52.6 Å². The Morgan fingerprint density at radius 1 is 1.27 bits per heavy atom. The minimum atomic E-state index is -1.10. The van der Waals surface area contributed by atoms with Crippen LogP contribution < -0.4 is 4.74 Å². The Labute approximate surface area is 170 Å². The normalized spacial score (nSPS) is 16.6. The van der Waals surface area contributed by atoms with E-state index >= 15 is 4.39 Å². The lowest BCUT2D eigenvalue weighted by Crippen LogP contribution is -2.15. The van der Waals surface area contributed by atoms with Crippen LogP contribution in [0.2, 0.25) is 0 Å². The zero-order valence-electron chi connectivity index (χ0n) is 16.4. The van der Waals surface area contributed by atoms with E-state index in [9.17, 15) is 9.59 Å². The molecule has 0 spiro atoms. The van der Waals surface area contributed by atoms with E-state index in [1.165, 1.54) is 13.0 Å². The molecule has 1 fully saturated rings. The van der Waals surface area contributed by atoms with E-state index in [-0.39, 0.29) is 34.7 Å². The molecule has 1 saturated carbocycles. The van der Waals surface area contributed by atoms with E-state index in [2.05, 4.69) is 17.0 Å². The van der Waals surface area contributed by atoms with Crippen molar-refractivity contribution >= 4 is 23.5 Å². The van der Waals surface area contributed by atoms with Crippen molar-refractivity contribution in [1.29, 1.82) is 0 Å². The number of carbonyl (C=O) groups is 2. The predicted octanol–water partition coefficient (Wildman–Crippen LogP) is 3.65. The number of carbonyl (C=O) groups excluding carboxylic acids is 1. The molecule has 3 heterocycles. The van der Waals surface area contributed by atoms with Crippen LogP contribution in [0.4, 0.5) is 4.39 Å². The van der Waals surface area contributed by atoms with Crippen molar-refractivity contribution in [2.24, 2.45) is 0 Å². The maximum Gasteiger partial charge on any atom is 0.335 e. The van der Waals surface area contributed by atoms with Crippen molar-refractivity contribution in [1.82, 2.24) is 14.6 Å². The average molecular weight is 407 g/mol. The van der Waals surface area contributed by atoms with Crippen LogP contribution >= 0.6 is 0 Å². The van der Waals surface area contributed by atoms with Crippen LogP contribution in [0.25, 0.3) is 23.0 Å². The first-order valence-electron chi connectivity index (χ1n) is 9.59. The third kappa shape index (κ3) is 2.79. The quantitative estimate of drug-likeness (QED) is 0.664. The number of Topliss-reactive ketones (excluding diaryl/α,β-unsaturated/α-hetero) is 1. The Morgan fingerprint density at radius 3 is 2.70 bits per heavy atom. The fourth-order valence-corrected chi connectivity index (χ4v) is 3.69. The summed E-state index contributed by atoms with van der Waals surface area (Å²) in [5, 5.41) is 13.7. The summed E-state index contributed by atoms with van der Waals surface area (Å²) in [6.45, 7) is 3.36. The SMILES string of the molecule is CC(=O)c1cc(C2(C)CC2)n2nc(-c3ccc4c(c3F)OCC(C(=O)O)=C4)cc2n1. The van der Waals surface area contributed by atoms with Gasteiger partial charge >= 0.3 is 5.97 Å². The van der Waals surface area contributed by atoms with E-state index in [4.69, 9.17) is 9.84 Å². The van der Waals surface area contributed by atoms with Crippen LogP contribution in [0, 0.1) is 5.82 Å². The number of benzene rings is 1. The van der Waals surface area contributed by atoms with Gasteiger partial charge in [0.25, 0.3) is 0 Å². The molecule has 0 radical (unpaired) electrons. The van der Waals surface area contributed by atoms with E-state index in [1.807, 2.05) is 0 Å². The van der Waals surface area contributed by atoms with Gasteiger partial charge < -0.3 is 9.84 Å². The number of hydrogen-bond donors (Lipinski definition) is 1. The van der Waals surface area contributed by atoms with E-state index in [0.29, 0.717) is 22.6 Å². The van der Waals surface area contributed by atoms with Gasteiger partial charge in [-0.2, -0.15) is 5.10 Å². The Kier molecular flexibility index (Phi) is 3.83. The van der Waals surface area contributed by atoms with Gasteiger partial charge in [0, 0.05) is 29.5 Å². The summed E-state index contributed by atoms with van der Waals surface area (Å²) in [6.07, 6.45) is 3.38. The van der Waals surface area contributed by atoms with Gasteiger partial charge in [0.15, 0.2) is 23.0 Å². The van der Waals surface area contributed by atoms with E-state index < -0.39 is 11.8 Å². The van der Waals surface area contributed by atoms with Gasteiger partial charge in [-0.25, -0.2) is 18.7 Å². The number of aromatic nitrogens is 3. The standard InChI is InChI=1S/C22H18FN3O4/c1-11(27)15-8-17(22(2)5-6-22)26-18(24-15)9-16(25-26)14-4-3-12-7-13(21(28)29)10-30-20(12)19(14)23/h3-4,7-9H,5-6,10H2,1-2H3,(H,28,29). The molecule has 2 aromatic heterocycles. The van der Waals surface area contributed by atoms with Gasteiger partial charge in [-0.1, -0.05) is 13.0 Å². The zero-order valence-corrected chi connectivity index (χ0v) is 16.4. The topological polar surface area (TPSA) is 93.8 Å². The summed E-state index contributed by atoms with van der Waals surface area (Å²) in [7, 11) is 0. The van der Waals surface area contributed by atoms with Gasteiger partial charge in [-0.15, -0.1) is 0 Å². The zero-order chi connectivity index (χ0) is 21.2. The van der Waals surface area contributed by atoms with Crippen molar-refractivity contribution in [3.63, 3.8) is 0 Å². The number of ketones is 1. The highest BCUT2D eigenvalue weighted by Crippen LogP contribution is 2.47. The van der Waals surface area contributed by atoms with Crippen LogP contribution in [0.5, 0.6) is 5.75 Å². The summed E-state index contributed by atoms with van der Waals surface area (Å²) in [4.78, 5) is 27.5. The molecular weight excluding hydrogens is 389 g/mol. The fraction of sp³-hybridized carbons (Fsp3) is 0.273. The van der Waals surface area contributed by atoms with E-state index in [0.717, 1.165) is 18.5 Å². The second kappa shape index (κ2) is 6.22. The van der Waals surface area contributed by atoms with Crippen LogP contribution in [0.3, 0.4) is 0 Å². The predicted molar refractivity (Wildman–Crippen MR) is 106 cm³/mol. The summed E-state index contributed by atoms with van der Waals surface area (Å²) >= 11 is 0. The molecule has 0 unspecified atom stereocenters. The summed E-state index contributed by atoms with van der Waals surface area (Å²) in [5.41, 5.74) is 2.66. The summed E-state index contributed by atoms with van der Waals surface area (Å²) in [5.74, 6) is -1.84. The lowest BCUT2D eigenvalue weighted by molar-refractivity contribution is -0.133. The molecule has 5 rings (SSSR count). The van der Waals surface area contributed by atoms with Crippen molar-refractivity contribution in [2.75, 3.05) is 6.61 Å². The summed E-state index contributed by atoms with van der Waals surface area (Å²) < 4.78 is 22.3. The molecule has 0 bridgehead atoms. The average Bonchev–Trinajstić information content (AvgIpc) is 3.32. The minimum absolute atomic E-state index is 0.00122. The molecule has 1 aromatic carbocycles. The number of fused-ring (bicyclic) bond motifs is 2. The first-order valence-corrected chi connectivity index (χ1v) is 9.59. The maximum absolute atomic E-state index is 15.2. The van der Waals surface area contributed by atoms with Crippen molar-refractivity contribution in [2.45, 2.75) is 32.1 Å². The number of carboxylic acid groups (broad SMARTS) is 1. The van der Waals surface area contributed by atoms with E-state index in [1.54, 1.807) is 28.8 Å². The van der Waals surface area contributed by atoms with Gasteiger partial charge in [0.1, 0.15) is 12.3 Å². The Bertz CT molecular complexity index is 1290. The third-order valence-corrected chi connectivity index (χ3v) is 5.79.